The van der Waals surface area contributed by atoms with E-state index in [0.717, 1.165) is 28.7 Å². The van der Waals surface area contributed by atoms with Crippen molar-refractivity contribution in [2.75, 3.05) is 32.1 Å². The molecule has 6 rings (SSSR count). The number of hydrogen-bond donors (Lipinski definition) is 1. The Kier molecular flexibility index (Phi) is 8.63. The first-order valence-electron chi connectivity index (χ1n) is 15.0. The number of aryl methyl sites for hydroxylation is 2. The molecule has 2 aromatic heterocycles. The molecular weight excluding hydrogens is 613 g/mol. The monoisotopic (exact) mass is 645 g/mol. The van der Waals surface area contributed by atoms with Crippen molar-refractivity contribution in [3.05, 3.63) is 92.1 Å². The van der Waals surface area contributed by atoms with Gasteiger partial charge in [-0.05, 0) is 73.7 Å². The molecule has 1 atom stereocenters. The number of esters is 1. The number of ether oxygens (including phenoxy) is 2. The van der Waals surface area contributed by atoms with E-state index in [-0.39, 0.29) is 34.1 Å². The summed E-state index contributed by atoms with van der Waals surface area (Å²) in [6.45, 7) is 5.17. The number of pyridine rings is 1. The molecule has 1 saturated heterocycles. The van der Waals surface area contributed by atoms with E-state index in [1.807, 2.05) is 6.07 Å². The largest absolute Gasteiger partial charge is 0.481 e. The fourth-order valence-electron chi connectivity index (χ4n) is 6.32. The van der Waals surface area contributed by atoms with Gasteiger partial charge >= 0.3 is 5.97 Å². The van der Waals surface area contributed by atoms with Crippen LogP contribution in [-0.4, -0.2) is 58.3 Å². The lowest BCUT2D eigenvalue weighted by molar-refractivity contribution is -0.155. The maximum atomic E-state index is 15.5. The highest BCUT2D eigenvalue weighted by Crippen LogP contribution is 2.46. The number of halogens is 2. The van der Waals surface area contributed by atoms with Gasteiger partial charge in [0.05, 0.1) is 30.4 Å². The minimum atomic E-state index is -0.606. The zero-order valence-electron chi connectivity index (χ0n) is 25.9. The number of amides is 1. The number of rotatable bonds is 8. The van der Waals surface area contributed by atoms with Crippen LogP contribution in [0.1, 0.15) is 46.4 Å². The van der Waals surface area contributed by atoms with Crippen LogP contribution in [0.15, 0.2) is 53.5 Å². The van der Waals surface area contributed by atoms with Crippen LogP contribution in [-0.2, 0) is 23.0 Å². The summed E-state index contributed by atoms with van der Waals surface area (Å²) in [7, 11) is 3.03. The fourth-order valence-corrected chi connectivity index (χ4v) is 6.68. The summed E-state index contributed by atoms with van der Waals surface area (Å²) in [6.07, 6.45) is 3.02. The summed E-state index contributed by atoms with van der Waals surface area (Å²) in [5.41, 5.74) is 4.15. The van der Waals surface area contributed by atoms with Crippen molar-refractivity contribution < 1.29 is 23.5 Å². The molecule has 10 nitrogen and oxygen atoms in total. The van der Waals surface area contributed by atoms with Crippen molar-refractivity contribution in [1.29, 1.82) is 0 Å². The first-order chi connectivity index (χ1) is 22.1. The highest BCUT2D eigenvalue weighted by molar-refractivity contribution is 6.36. The Balaban J connectivity index is 1.32. The Morgan fingerprint density at radius 2 is 1.93 bits per heavy atom. The van der Waals surface area contributed by atoms with Crippen LogP contribution in [0.5, 0.6) is 5.88 Å². The summed E-state index contributed by atoms with van der Waals surface area (Å²) in [6, 6.07) is 11.4. The molecule has 2 aromatic carbocycles. The summed E-state index contributed by atoms with van der Waals surface area (Å²) in [5, 5.41) is 6.78. The summed E-state index contributed by atoms with van der Waals surface area (Å²) in [4.78, 5) is 44.6. The van der Waals surface area contributed by atoms with Gasteiger partial charge in [-0.25, -0.2) is 14.1 Å². The van der Waals surface area contributed by atoms with Crippen molar-refractivity contribution in [3.63, 3.8) is 0 Å². The van der Waals surface area contributed by atoms with Gasteiger partial charge in [-0.15, -0.1) is 0 Å². The number of benzene rings is 2. The second-order valence-corrected chi connectivity index (χ2v) is 11.8. The average Bonchev–Trinajstić information content (AvgIpc) is 3.43. The fraction of sp³-hybridized carbons (Fsp3) is 0.324. The number of likely N-dealkylation sites (tertiary alicyclic amines) is 1. The SMILES string of the molecule is CCOC(=O)C1CN(C2CCc3cc(-c4ccc(F)c(-c5cccc(NC(=O)c6ccnn(C)c6=O)c5C)c4Cl)nc(OC)c32)C1. The van der Waals surface area contributed by atoms with E-state index in [1.54, 1.807) is 45.2 Å². The molecule has 238 valence electrons. The van der Waals surface area contributed by atoms with Crippen molar-refractivity contribution >= 4 is 29.2 Å². The lowest BCUT2D eigenvalue weighted by Crippen LogP contribution is -2.51. The molecule has 1 aliphatic heterocycles. The Morgan fingerprint density at radius 3 is 2.67 bits per heavy atom. The van der Waals surface area contributed by atoms with E-state index in [1.165, 1.54) is 25.4 Å². The maximum Gasteiger partial charge on any atom is 0.311 e. The average molecular weight is 646 g/mol. The van der Waals surface area contributed by atoms with Crippen molar-refractivity contribution in [2.45, 2.75) is 32.7 Å². The molecule has 1 N–H and O–H groups in total. The predicted octanol–water partition coefficient (Wildman–Crippen LogP) is 5.35. The third kappa shape index (κ3) is 5.54. The van der Waals surface area contributed by atoms with Crippen LogP contribution in [0.4, 0.5) is 10.1 Å². The summed E-state index contributed by atoms with van der Waals surface area (Å²) < 4.78 is 27.6. The van der Waals surface area contributed by atoms with Crippen molar-refractivity contribution in [1.82, 2.24) is 19.7 Å². The number of hydrogen-bond acceptors (Lipinski definition) is 8. The quantitative estimate of drug-likeness (QED) is 0.255. The number of carbonyl (C=O) groups excluding carboxylic acids is 2. The second kappa shape index (κ2) is 12.6. The molecule has 0 spiro atoms. The van der Waals surface area contributed by atoms with Crippen LogP contribution in [0.2, 0.25) is 5.02 Å². The Labute approximate surface area is 270 Å². The van der Waals surface area contributed by atoms with E-state index < -0.39 is 17.3 Å². The first kappa shape index (κ1) is 31.4. The molecular formula is C34H33ClFN5O5. The molecule has 46 heavy (non-hydrogen) atoms. The Hall–Kier alpha value is -4.61. The topological polar surface area (TPSA) is 116 Å². The maximum absolute atomic E-state index is 15.5. The molecule has 0 bridgehead atoms. The lowest BCUT2D eigenvalue weighted by Gasteiger charge is -2.42. The standard InChI is InChI=1S/C34H33ClFN5O5/c1-5-46-34(44)20-16-41(17-20)27-12-9-19-15-26(39-32(45-4)28(19)27)22-10-11-24(36)29(30(22)35)21-7-6-8-25(18(21)2)38-31(42)23-13-14-37-40(3)33(23)43/h6-8,10-11,13-15,20,27H,5,9,12,16-17H2,1-4H3,(H,38,42). The van der Waals surface area contributed by atoms with Crippen molar-refractivity contribution in [3.8, 4) is 28.3 Å². The van der Waals surface area contributed by atoms with Gasteiger partial charge in [-0.3, -0.25) is 19.3 Å². The molecule has 1 unspecified atom stereocenters. The second-order valence-electron chi connectivity index (χ2n) is 11.4. The smallest absolute Gasteiger partial charge is 0.311 e. The van der Waals surface area contributed by atoms with Gasteiger partial charge in [-0.2, -0.15) is 5.10 Å². The molecule has 1 aliphatic carbocycles. The van der Waals surface area contributed by atoms with E-state index in [0.29, 0.717) is 53.6 Å². The summed E-state index contributed by atoms with van der Waals surface area (Å²) >= 11 is 6.96. The van der Waals surface area contributed by atoms with Crippen molar-refractivity contribution in [2.24, 2.45) is 13.0 Å². The van der Waals surface area contributed by atoms with Gasteiger partial charge in [-0.1, -0.05) is 23.7 Å². The lowest BCUT2D eigenvalue weighted by atomic mass is 9.94. The van der Waals surface area contributed by atoms with Crippen LogP contribution in [0, 0.1) is 18.7 Å². The number of fused-ring (bicyclic) bond motifs is 1. The zero-order valence-corrected chi connectivity index (χ0v) is 26.7. The predicted molar refractivity (Wildman–Crippen MR) is 172 cm³/mol. The number of nitrogens with zero attached hydrogens (tertiary/aromatic N) is 4. The van der Waals surface area contributed by atoms with E-state index in [9.17, 15) is 14.4 Å². The highest BCUT2D eigenvalue weighted by atomic mass is 35.5. The Morgan fingerprint density at radius 1 is 1.15 bits per heavy atom. The van der Waals surface area contributed by atoms with Gasteiger partial charge in [0.1, 0.15) is 11.4 Å². The first-order valence-corrected chi connectivity index (χ1v) is 15.4. The molecule has 2 aliphatic rings. The molecule has 4 aromatic rings. The van der Waals surface area contributed by atoms with Gasteiger partial charge in [0.15, 0.2) is 0 Å². The van der Waals surface area contributed by atoms with Gasteiger partial charge in [0.25, 0.3) is 11.5 Å². The summed E-state index contributed by atoms with van der Waals surface area (Å²) in [5.74, 6) is -0.963. The van der Waals surface area contributed by atoms with E-state index >= 15 is 4.39 Å². The van der Waals surface area contributed by atoms with Gasteiger partial charge in [0, 0.05) is 54.8 Å². The minimum absolute atomic E-state index is 0.0692. The third-order valence-electron chi connectivity index (χ3n) is 8.76. The molecule has 3 heterocycles. The number of anilines is 1. The van der Waals surface area contributed by atoms with Gasteiger partial charge < -0.3 is 14.8 Å². The Bertz CT molecular complexity index is 1920. The zero-order chi connectivity index (χ0) is 32.7. The van der Waals surface area contributed by atoms with E-state index in [2.05, 4.69) is 15.3 Å². The number of methoxy groups -OCH3 is 1. The van der Waals surface area contributed by atoms with Gasteiger partial charge in [0.2, 0.25) is 5.88 Å². The van der Waals surface area contributed by atoms with Crippen LogP contribution < -0.4 is 15.6 Å². The molecule has 0 saturated carbocycles. The number of nitrogens with one attached hydrogen (secondary N) is 1. The molecule has 12 heteroatoms. The normalized spacial score (nSPS) is 16.1. The van der Waals surface area contributed by atoms with Crippen LogP contribution >= 0.6 is 11.6 Å². The van der Waals surface area contributed by atoms with Crippen LogP contribution in [0.3, 0.4) is 0 Å². The van der Waals surface area contributed by atoms with E-state index in [4.69, 9.17) is 26.1 Å². The molecule has 1 amide bonds. The molecule has 1 fully saturated rings. The number of carbonyl (C=O) groups is 2. The molecule has 0 radical (unpaired) electrons. The highest BCUT2D eigenvalue weighted by Gasteiger charge is 2.42. The third-order valence-corrected chi connectivity index (χ3v) is 9.15. The van der Waals surface area contributed by atoms with Crippen LogP contribution in [0.25, 0.3) is 22.4 Å². The number of aromatic nitrogens is 3. The minimum Gasteiger partial charge on any atom is -0.481 e.